The molecule has 1 heterocycles. The summed E-state index contributed by atoms with van der Waals surface area (Å²) < 4.78 is 5.83. The molecule has 116 valence electrons. The predicted molar refractivity (Wildman–Crippen MR) is 80.7 cm³/mol. The van der Waals surface area contributed by atoms with Crippen LogP contribution in [0.4, 0.5) is 0 Å². The van der Waals surface area contributed by atoms with Crippen LogP contribution in [0.25, 0.3) is 0 Å². The lowest BCUT2D eigenvalue weighted by molar-refractivity contribution is -0.134. The highest BCUT2D eigenvalue weighted by Crippen LogP contribution is 2.21. The normalized spacial score (nSPS) is 22.4. The number of carbonyl (C=O) groups is 1. The van der Waals surface area contributed by atoms with Gasteiger partial charge >= 0.3 is 0 Å². The minimum atomic E-state index is 0.255. The molecule has 1 aliphatic heterocycles. The SMILES string of the molecule is CN(C(=O)CCOC1CCNCC1)C1CCCCCC1. The van der Waals surface area contributed by atoms with Gasteiger partial charge in [0.15, 0.2) is 0 Å². The maximum Gasteiger partial charge on any atom is 0.224 e. The summed E-state index contributed by atoms with van der Waals surface area (Å²) in [6.45, 7) is 2.67. The molecule has 1 N–H and O–H groups in total. The average Bonchev–Trinajstić information content (AvgIpc) is 2.76. The molecule has 0 aromatic heterocycles. The van der Waals surface area contributed by atoms with Crippen molar-refractivity contribution in [3.05, 3.63) is 0 Å². The number of rotatable bonds is 5. The monoisotopic (exact) mass is 282 g/mol. The second kappa shape index (κ2) is 8.63. The van der Waals surface area contributed by atoms with Crippen LogP contribution in [0, 0.1) is 0 Å². The Labute approximate surface area is 123 Å². The van der Waals surface area contributed by atoms with Gasteiger partial charge in [0.25, 0.3) is 0 Å². The van der Waals surface area contributed by atoms with Crippen molar-refractivity contribution in [3.8, 4) is 0 Å². The summed E-state index contributed by atoms with van der Waals surface area (Å²) in [4.78, 5) is 14.2. The highest BCUT2D eigenvalue weighted by Gasteiger charge is 2.21. The van der Waals surface area contributed by atoms with Crippen molar-refractivity contribution in [2.45, 2.75) is 69.9 Å². The van der Waals surface area contributed by atoms with Gasteiger partial charge in [0.2, 0.25) is 5.91 Å². The molecule has 0 aromatic rings. The van der Waals surface area contributed by atoms with Crippen LogP contribution in [0.1, 0.15) is 57.8 Å². The number of hydrogen-bond acceptors (Lipinski definition) is 3. The molecule has 20 heavy (non-hydrogen) atoms. The molecule has 0 radical (unpaired) electrons. The standard InChI is InChI=1S/C16H30N2O2/c1-18(14-6-4-2-3-5-7-14)16(19)10-13-20-15-8-11-17-12-9-15/h14-15,17H,2-13H2,1H3. The zero-order valence-corrected chi connectivity index (χ0v) is 12.9. The summed E-state index contributed by atoms with van der Waals surface area (Å²) in [5, 5.41) is 3.33. The number of nitrogens with one attached hydrogen (secondary N) is 1. The zero-order chi connectivity index (χ0) is 14.2. The van der Waals surface area contributed by atoms with Crippen LogP contribution < -0.4 is 5.32 Å². The molecular formula is C16H30N2O2. The van der Waals surface area contributed by atoms with E-state index in [0.29, 0.717) is 25.2 Å². The van der Waals surface area contributed by atoms with Gasteiger partial charge in [0.05, 0.1) is 19.1 Å². The Kier molecular flexibility index (Phi) is 6.80. The van der Waals surface area contributed by atoms with Gasteiger partial charge < -0.3 is 15.0 Å². The number of piperidine rings is 1. The Morgan fingerprint density at radius 2 is 1.75 bits per heavy atom. The van der Waals surface area contributed by atoms with Crippen molar-refractivity contribution in [2.75, 3.05) is 26.7 Å². The molecule has 1 saturated heterocycles. The Bertz CT molecular complexity index is 282. The first-order valence-corrected chi connectivity index (χ1v) is 8.35. The van der Waals surface area contributed by atoms with E-state index in [2.05, 4.69) is 5.32 Å². The molecule has 2 rings (SSSR count). The van der Waals surface area contributed by atoms with Gasteiger partial charge in [0.1, 0.15) is 0 Å². The number of hydrogen-bond donors (Lipinski definition) is 1. The van der Waals surface area contributed by atoms with Gasteiger partial charge in [-0.15, -0.1) is 0 Å². The fraction of sp³-hybridized carbons (Fsp3) is 0.938. The highest BCUT2D eigenvalue weighted by atomic mass is 16.5. The molecule has 0 atom stereocenters. The number of nitrogens with zero attached hydrogens (tertiary/aromatic N) is 1. The van der Waals surface area contributed by atoms with Crippen LogP contribution in [0.3, 0.4) is 0 Å². The lowest BCUT2D eigenvalue weighted by Crippen LogP contribution is -2.38. The summed E-state index contributed by atoms with van der Waals surface area (Å²) in [6, 6.07) is 0.462. The lowest BCUT2D eigenvalue weighted by atomic mass is 10.1. The summed E-state index contributed by atoms with van der Waals surface area (Å²) >= 11 is 0. The summed E-state index contributed by atoms with van der Waals surface area (Å²) in [7, 11) is 1.98. The number of amides is 1. The highest BCUT2D eigenvalue weighted by molar-refractivity contribution is 5.76. The predicted octanol–water partition coefficient (Wildman–Crippen LogP) is 2.33. The van der Waals surface area contributed by atoms with Gasteiger partial charge in [-0.2, -0.15) is 0 Å². The maximum atomic E-state index is 12.2. The molecular weight excluding hydrogens is 252 g/mol. The second-order valence-corrected chi connectivity index (χ2v) is 6.22. The van der Waals surface area contributed by atoms with Crippen LogP contribution in [-0.2, 0) is 9.53 Å². The van der Waals surface area contributed by atoms with Gasteiger partial charge in [0, 0.05) is 13.1 Å². The first-order chi connectivity index (χ1) is 9.77. The molecule has 1 amide bonds. The molecule has 2 fully saturated rings. The third kappa shape index (κ3) is 5.06. The average molecular weight is 282 g/mol. The third-order valence-corrected chi connectivity index (χ3v) is 4.72. The van der Waals surface area contributed by atoms with Gasteiger partial charge in [-0.3, -0.25) is 4.79 Å². The van der Waals surface area contributed by atoms with E-state index in [9.17, 15) is 4.79 Å². The fourth-order valence-corrected chi connectivity index (χ4v) is 3.30. The first-order valence-electron chi connectivity index (χ1n) is 8.35. The van der Waals surface area contributed by atoms with Crippen molar-refractivity contribution in [1.82, 2.24) is 10.2 Å². The molecule has 1 saturated carbocycles. The summed E-state index contributed by atoms with van der Waals surface area (Å²) in [5.41, 5.74) is 0. The smallest absolute Gasteiger partial charge is 0.224 e. The molecule has 0 unspecified atom stereocenters. The third-order valence-electron chi connectivity index (χ3n) is 4.72. The van der Waals surface area contributed by atoms with Gasteiger partial charge in [-0.1, -0.05) is 25.7 Å². The van der Waals surface area contributed by atoms with Gasteiger partial charge in [-0.05, 0) is 38.8 Å². The Morgan fingerprint density at radius 3 is 2.40 bits per heavy atom. The van der Waals surface area contributed by atoms with E-state index >= 15 is 0 Å². The minimum absolute atomic E-state index is 0.255. The Balaban J connectivity index is 1.64. The fourth-order valence-electron chi connectivity index (χ4n) is 3.30. The van der Waals surface area contributed by atoms with E-state index in [0.717, 1.165) is 25.9 Å². The molecule has 1 aliphatic carbocycles. The molecule has 4 nitrogen and oxygen atoms in total. The lowest BCUT2D eigenvalue weighted by Gasteiger charge is -2.28. The molecule has 2 aliphatic rings. The van der Waals surface area contributed by atoms with Crippen LogP contribution in [0.15, 0.2) is 0 Å². The Morgan fingerprint density at radius 1 is 1.10 bits per heavy atom. The van der Waals surface area contributed by atoms with Crippen molar-refractivity contribution in [1.29, 1.82) is 0 Å². The van der Waals surface area contributed by atoms with E-state index in [4.69, 9.17) is 4.74 Å². The summed E-state index contributed by atoms with van der Waals surface area (Å²) in [5.74, 6) is 0.255. The van der Waals surface area contributed by atoms with Crippen LogP contribution in [0.5, 0.6) is 0 Å². The second-order valence-electron chi connectivity index (χ2n) is 6.22. The van der Waals surface area contributed by atoms with E-state index in [1.54, 1.807) is 0 Å². The topological polar surface area (TPSA) is 41.6 Å². The molecule has 0 aromatic carbocycles. The van der Waals surface area contributed by atoms with Crippen molar-refractivity contribution in [2.24, 2.45) is 0 Å². The van der Waals surface area contributed by atoms with Crippen LogP contribution >= 0.6 is 0 Å². The number of carbonyl (C=O) groups excluding carboxylic acids is 1. The van der Waals surface area contributed by atoms with E-state index < -0.39 is 0 Å². The minimum Gasteiger partial charge on any atom is -0.378 e. The Hall–Kier alpha value is -0.610. The number of ether oxygens (including phenoxy) is 1. The molecule has 0 bridgehead atoms. The first kappa shape index (κ1) is 15.8. The van der Waals surface area contributed by atoms with Crippen molar-refractivity contribution >= 4 is 5.91 Å². The van der Waals surface area contributed by atoms with Crippen LogP contribution in [-0.4, -0.2) is 49.7 Å². The largest absolute Gasteiger partial charge is 0.378 e. The van der Waals surface area contributed by atoms with E-state index in [1.165, 1.54) is 38.5 Å². The van der Waals surface area contributed by atoms with E-state index in [-0.39, 0.29) is 5.91 Å². The summed E-state index contributed by atoms with van der Waals surface area (Å²) in [6.07, 6.45) is 10.6. The van der Waals surface area contributed by atoms with Crippen molar-refractivity contribution < 1.29 is 9.53 Å². The molecule has 4 heteroatoms. The van der Waals surface area contributed by atoms with Crippen molar-refractivity contribution in [3.63, 3.8) is 0 Å². The van der Waals surface area contributed by atoms with Gasteiger partial charge in [-0.25, -0.2) is 0 Å². The van der Waals surface area contributed by atoms with E-state index in [1.807, 2.05) is 11.9 Å². The zero-order valence-electron chi connectivity index (χ0n) is 12.9. The van der Waals surface area contributed by atoms with Crippen LogP contribution in [0.2, 0.25) is 0 Å². The maximum absolute atomic E-state index is 12.2. The molecule has 0 spiro atoms. The quantitative estimate of drug-likeness (QED) is 0.787.